The Morgan fingerprint density at radius 1 is 1.17 bits per heavy atom. The van der Waals surface area contributed by atoms with Gasteiger partial charge in [0.25, 0.3) is 0 Å². The van der Waals surface area contributed by atoms with Crippen molar-refractivity contribution >= 4 is 0 Å². The highest BCUT2D eigenvalue weighted by Crippen LogP contribution is 2.23. The van der Waals surface area contributed by atoms with Crippen LogP contribution >= 0.6 is 0 Å². The van der Waals surface area contributed by atoms with Crippen molar-refractivity contribution < 1.29 is 5.11 Å². The third kappa shape index (κ3) is 3.02. The van der Waals surface area contributed by atoms with Crippen molar-refractivity contribution in [3.05, 3.63) is 29.8 Å². The number of piperazine rings is 1. The zero-order valence-electron chi connectivity index (χ0n) is 11.0. The standard InChI is InChI=1S/C14H23N3O/c1-2-16-7-9-17(10-8-16)14(11-15)12-3-5-13(18)6-4-12/h3-6,14,18H,2,7-11,15H2,1H3. The van der Waals surface area contributed by atoms with Crippen molar-refractivity contribution in [2.45, 2.75) is 13.0 Å². The van der Waals surface area contributed by atoms with E-state index >= 15 is 0 Å². The predicted molar refractivity (Wildman–Crippen MR) is 73.6 cm³/mol. The Labute approximate surface area is 109 Å². The number of benzene rings is 1. The Kier molecular flexibility index (Phi) is 4.58. The third-order valence-corrected chi connectivity index (χ3v) is 3.80. The van der Waals surface area contributed by atoms with Crippen molar-refractivity contribution in [3.8, 4) is 5.75 Å². The molecule has 4 nitrogen and oxygen atoms in total. The van der Waals surface area contributed by atoms with Gasteiger partial charge in [0.05, 0.1) is 0 Å². The molecule has 1 aromatic rings. The molecular weight excluding hydrogens is 226 g/mol. The smallest absolute Gasteiger partial charge is 0.115 e. The van der Waals surface area contributed by atoms with E-state index in [0.717, 1.165) is 32.7 Å². The van der Waals surface area contributed by atoms with Crippen LogP contribution in [-0.2, 0) is 0 Å². The molecule has 2 rings (SSSR count). The molecule has 1 aromatic carbocycles. The first-order chi connectivity index (χ1) is 8.74. The van der Waals surface area contributed by atoms with E-state index in [2.05, 4.69) is 16.7 Å². The van der Waals surface area contributed by atoms with E-state index in [-0.39, 0.29) is 6.04 Å². The zero-order valence-corrected chi connectivity index (χ0v) is 11.0. The molecule has 1 heterocycles. The maximum atomic E-state index is 9.34. The van der Waals surface area contributed by atoms with Gasteiger partial charge in [0.1, 0.15) is 5.75 Å². The first kappa shape index (κ1) is 13.3. The van der Waals surface area contributed by atoms with Crippen LogP contribution in [0.2, 0.25) is 0 Å². The van der Waals surface area contributed by atoms with Crippen LogP contribution in [0.3, 0.4) is 0 Å². The molecule has 4 heteroatoms. The van der Waals surface area contributed by atoms with Crippen molar-refractivity contribution in [1.29, 1.82) is 0 Å². The lowest BCUT2D eigenvalue weighted by molar-refractivity contribution is 0.102. The number of aromatic hydroxyl groups is 1. The van der Waals surface area contributed by atoms with Crippen LogP contribution in [0.4, 0.5) is 0 Å². The van der Waals surface area contributed by atoms with Crippen LogP contribution < -0.4 is 5.73 Å². The van der Waals surface area contributed by atoms with Crippen molar-refractivity contribution in [2.75, 3.05) is 39.3 Å². The second-order valence-corrected chi connectivity index (χ2v) is 4.81. The zero-order chi connectivity index (χ0) is 13.0. The van der Waals surface area contributed by atoms with Gasteiger partial charge in [-0.25, -0.2) is 0 Å². The van der Waals surface area contributed by atoms with Gasteiger partial charge in [-0.2, -0.15) is 0 Å². The normalized spacial score (nSPS) is 19.9. The van der Waals surface area contributed by atoms with Gasteiger partial charge in [-0.15, -0.1) is 0 Å². The Morgan fingerprint density at radius 2 is 1.78 bits per heavy atom. The molecule has 1 aliphatic rings. The quantitative estimate of drug-likeness (QED) is 0.837. The third-order valence-electron chi connectivity index (χ3n) is 3.80. The summed E-state index contributed by atoms with van der Waals surface area (Å²) in [6, 6.07) is 7.68. The number of nitrogens with zero attached hydrogens (tertiary/aromatic N) is 2. The molecule has 0 aliphatic carbocycles. The molecule has 1 aliphatic heterocycles. The summed E-state index contributed by atoms with van der Waals surface area (Å²) < 4.78 is 0. The van der Waals surface area contributed by atoms with Gasteiger partial charge in [-0.1, -0.05) is 19.1 Å². The highest BCUT2D eigenvalue weighted by atomic mass is 16.3. The summed E-state index contributed by atoms with van der Waals surface area (Å²) in [5.74, 6) is 0.310. The van der Waals surface area contributed by atoms with E-state index in [1.165, 1.54) is 5.56 Å². The van der Waals surface area contributed by atoms with Crippen LogP contribution in [0.1, 0.15) is 18.5 Å². The summed E-state index contributed by atoms with van der Waals surface area (Å²) >= 11 is 0. The monoisotopic (exact) mass is 249 g/mol. The fraction of sp³-hybridized carbons (Fsp3) is 0.571. The first-order valence-corrected chi connectivity index (χ1v) is 6.70. The van der Waals surface area contributed by atoms with Gasteiger partial charge in [-0.05, 0) is 24.2 Å². The topological polar surface area (TPSA) is 52.7 Å². The van der Waals surface area contributed by atoms with E-state index in [1.54, 1.807) is 12.1 Å². The molecule has 0 amide bonds. The van der Waals surface area contributed by atoms with Crippen LogP contribution in [0.25, 0.3) is 0 Å². The minimum absolute atomic E-state index is 0.268. The average molecular weight is 249 g/mol. The fourth-order valence-electron chi connectivity index (χ4n) is 2.58. The van der Waals surface area contributed by atoms with Crippen LogP contribution in [-0.4, -0.2) is 54.2 Å². The Bertz CT molecular complexity index is 358. The molecule has 1 fully saturated rings. The number of likely N-dealkylation sites (N-methyl/N-ethyl adjacent to an activating group) is 1. The molecule has 1 unspecified atom stereocenters. The molecule has 1 atom stereocenters. The first-order valence-electron chi connectivity index (χ1n) is 6.70. The number of hydrogen-bond acceptors (Lipinski definition) is 4. The van der Waals surface area contributed by atoms with Crippen LogP contribution in [0, 0.1) is 0 Å². The number of phenolic OH excluding ortho intramolecular Hbond substituents is 1. The SMILES string of the molecule is CCN1CCN(C(CN)c2ccc(O)cc2)CC1. The number of rotatable bonds is 4. The van der Waals surface area contributed by atoms with E-state index in [0.29, 0.717) is 12.3 Å². The summed E-state index contributed by atoms with van der Waals surface area (Å²) in [5.41, 5.74) is 7.12. The molecule has 100 valence electrons. The maximum Gasteiger partial charge on any atom is 0.115 e. The molecule has 0 radical (unpaired) electrons. The van der Waals surface area contributed by atoms with E-state index in [9.17, 15) is 5.11 Å². The van der Waals surface area contributed by atoms with Crippen LogP contribution in [0.15, 0.2) is 24.3 Å². The Balaban J connectivity index is 2.03. The molecule has 0 aromatic heterocycles. The summed E-state index contributed by atoms with van der Waals surface area (Å²) in [7, 11) is 0. The lowest BCUT2D eigenvalue weighted by Crippen LogP contribution is -2.48. The highest BCUT2D eigenvalue weighted by Gasteiger charge is 2.23. The van der Waals surface area contributed by atoms with E-state index < -0.39 is 0 Å². The summed E-state index contributed by atoms with van der Waals surface area (Å²) in [6.45, 7) is 8.32. The lowest BCUT2D eigenvalue weighted by Gasteiger charge is -2.38. The van der Waals surface area contributed by atoms with Gasteiger partial charge >= 0.3 is 0 Å². The second-order valence-electron chi connectivity index (χ2n) is 4.81. The second kappa shape index (κ2) is 6.18. The molecule has 0 spiro atoms. The van der Waals surface area contributed by atoms with Gasteiger partial charge in [0, 0.05) is 38.8 Å². The minimum atomic E-state index is 0.268. The van der Waals surface area contributed by atoms with E-state index in [1.807, 2.05) is 12.1 Å². The number of hydrogen-bond donors (Lipinski definition) is 2. The maximum absolute atomic E-state index is 9.34. The fourth-order valence-corrected chi connectivity index (χ4v) is 2.58. The number of nitrogens with two attached hydrogens (primary N) is 1. The van der Waals surface area contributed by atoms with Gasteiger partial charge < -0.3 is 15.7 Å². The molecule has 0 saturated carbocycles. The molecular formula is C14H23N3O. The van der Waals surface area contributed by atoms with Crippen LogP contribution in [0.5, 0.6) is 5.75 Å². The minimum Gasteiger partial charge on any atom is -0.508 e. The Hall–Kier alpha value is -1.10. The van der Waals surface area contributed by atoms with Crippen molar-refractivity contribution in [2.24, 2.45) is 5.73 Å². The highest BCUT2D eigenvalue weighted by molar-refractivity contribution is 5.28. The van der Waals surface area contributed by atoms with Gasteiger partial charge in [-0.3, -0.25) is 4.90 Å². The lowest BCUT2D eigenvalue weighted by atomic mass is 10.0. The van der Waals surface area contributed by atoms with Gasteiger partial charge in [0.15, 0.2) is 0 Å². The molecule has 18 heavy (non-hydrogen) atoms. The van der Waals surface area contributed by atoms with E-state index in [4.69, 9.17) is 5.73 Å². The average Bonchev–Trinajstić information content (AvgIpc) is 2.42. The van der Waals surface area contributed by atoms with Crippen molar-refractivity contribution in [3.63, 3.8) is 0 Å². The molecule has 3 N–H and O–H groups in total. The van der Waals surface area contributed by atoms with Gasteiger partial charge in [0.2, 0.25) is 0 Å². The van der Waals surface area contributed by atoms with Crippen molar-refractivity contribution in [1.82, 2.24) is 9.80 Å². The largest absolute Gasteiger partial charge is 0.508 e. The Morgan fingerprint density at radius 3 is 2.28 bits per heavy atom. The summed E-state index contributed by atoms with van der Waals surface area (Å²) in [5, 5.41) is 9.34. The summed E-state index contributed by atoms with van der Waals surface area (Å²) in [4.78, 5) is 4.90. The molecule has 0 bridgehead atoms. The number of phenols is 1. The summed E-state index contributed by atoms with van der Waals surface area (Å²) in [6.07, 6.45) is 0. The molecule has 1 saturated heterocycles. The predicted octanol–water partition coefficient (Wildman–Crippen LogP) is 1.03.